The second kappa shape index (κ2) is 6.59. The first-order chi connectivity index (χ1) is 12.6. The van der Waals surface area contributed by atoms with Gasteiger partial charge < -0.3 is 9.88 Å². The average molecular weight is 349 g/mol. The summed E-state index contributed by atoms with van der Waals surface area (Å²) in [5.41, 5.74) is 2.32. The monoisotopic (exact) mass is 349 g/mol. The maximum absolute atomic E-state index is 12.5. The zero-order valence-corrected chi connectivity index (χ0v) is 14.5. The van der Waals surface area contributed by atoms with E-state index in [1.807, 2.05) is 30.5 Å². The molecular formula is C19H19N5O2. The van der Waals surface area contributed by atoms with Crippen LogP contribution in [0.3, 0.4) is 0 Å². The number of hydrogen-bond acceptors (Lipinski definition) is 4. The Morgan fingerprint density at radius 1 is 1.15 bits per heavy atom. The second-order valence-electron chi connectivity index (χ2n) is 6.37. The summed E-state index contributed by atoms with van der Waals surface area (Å²) in [6, 6.07) is 10.3. The number of carbonyl (C=O) groups is 1. The predicted molar refractivity (Wildman–Crippen MR) is 98.0 cm³/mol. The number of amides is 1. The number of anilines is 1. The molecule has 0 aliphatic carbocycles. The molecule has 4 rings (SSSR count). The van der Waals surface area contributed by atoms with Crippen molar-refractivity contribution < 1.29 is 4.79 Å². The first-order valence-electron chi connectivity index (χ1n) is 8.63. The summed E-state index contributed by atoms with van der Waals surface area (Å²) < 4.78 is 3.33. The van der Waals surface area contributed by atoms with Crippen molar-refractivity contribution in [1.82, 2.24) is 19.3 Å². The lowest BCUT2D eigenvalue weighted by molar-refractivity contribution is 0.102. The number of aromatic nitrogens is 4. The minimum Gasteiger partial charge on any atom is -0.334 e. The maximum atomic E-state index is 12.5. The van der Waals surface area contributed by atoms with Crippen molar-refractivity contribution in [3.8, 4) is 11.3 Å². The molecule has 1 aromatic carbocycles. The molecule has 1 aliphatic heterocycles. The van der Waals surface area contributed by atoms with Crippen LogP contribution in [0.15, 0.2) is 47.4 Å². The van der Waals surface area contributed by atoms with Crippen LogP contribution in [-0.4, -0.2) is 25.2 Å². The van der Waals surface area contributed by atoms with E-state index in [2.05, 4.69) is 15.0 Å². The van der Waals surface area contributed by atoms with Crippen LogP contribution >= 0.6 is 0 Å². The van der Waals surface area contributed by atoms with Gasteiger partial charge in [0.25, 0.3) is 11.5 Å². The fourth-order valence-electron chi connectivity index (χ4n) is 3.17. The highest BCUT2D eigenvalue weighted by atomic mass is 16.2. The summed E-state index contributed by atoms with van der Waals surface area (Å²) in [5, 5.41) is 6.88. The number of imidazole rings is 1. The standard InChI is InChI=1S/C19H19N5O2/c1-23-18(25)10-9-15(22-23)19(26)21-14-7-3-2-6-13(14)16-12-24-11-5-4-8-17(24)20-16/h2-3,6-7,9-10,12H,4-5,8,11H2,1H3,(H,21,26). The zero-order valence-electron chi connectivity index (χ0n) is 14.5. The van der Waals surface area contributed by atoms with Gasteiger partial charge in [0, 0.05) is 37.8 Å². The van der Waals surface area contributed by atoms with E-state index in [-0.39, 0.29) is 17.2 Å². The molecule has 26 heavy (non-hydrogen) atoms. The smallest absolute Gasteiger partial charge is 0.276 e. The SMILES string of the molecule is Cn1nc(C(=O)Nc2ccccc2-c2cn3c(n2)CCCC3)ccc1=O. The van der Waals surface area contributed by atoms with Crippen LogP contribution in [0.1, 0.15) is 29.2 Å². The van der Waals surface area contributed by atoms with Gasteiger partial charge in [-0.25, -0.2) is 9.67 Å². The number of rotatable bonds is 3. The van der Waals surface area contributed by atoms with Gasteiger partial charge in [0.1, 0.15) is 11.5 Å². The number of para-hydroxylation sites is 1. The van der Waals surface area contributed by atoms with Crippen LogP contribution in [0.25, 0.3) is 11.3 Å². The Hall–Kier alpha value is -3.22. The number of hydrogen-bond donors (Lipinski definition) is 1. The summed E-state index contributed by atoms with van der Waals surface area (Å²) in [4.78, 5) is 28.7. The summed E-state index contributed by atoms with van der Waals surface area (Å²) in [5.74, 6) is 0.726. The molecule has 1 aliphatic rings. The highest BCUT2D eigenvalue weighted by molar-refractivity contribution is 6.04. The van der Waals surface area contributed by atoms with Gasteiger partial charge in [-0.15, -0.1) is 0 Å². The van der Waals surface area contributed by atoms with Crippen molar-refractivity contribution in [3.05, 3.63) is 64.5 Å². The Bertz CT molecular complexity index is 1010. The van der Waals surface area contributed by atoms with E-state index in [0.717, 1.165) is 41.1 Å². The van der Waals surface area contributed by atoms with E-state index in [9.17, 15) is 9.59 Å². The molecule has 7 nitrogen and oxygen atoms in total. The largest absolute Gasteiger partial charge is 0.334 e. The molecule has 3 heterocycles. The molecule has 1 amide bonds. The topological polar surface area (TPSA) is 81.8 Å². The van der Waals surface area contributed by atoms with Crippen molar-refractivity contribution in [3.63, 3.8) is 0 Å². The van der Waals surface area contributed by atoms with Crippen molar-refractivity contribution in [1.29, 1.82) is 0 Å². The van der Waals surface area contributed by atoms with E-state index in [4.69, 9.17) is 4.98 Å². The van der Waals surface area contributed by atoms with E-state index in [1.54, 1.807) is 0 Å². The second-order valence-corrected chi connectivity index (χ2v) is 6.37. The van der Waals surface area contributed by atoms with Crippen LogP contribution in [0.4, 0.5) is 5.69 Å². The molecule has 132 valence electrons. The van der Waals surface area contributed by atoms with Gasteiger partial charge >= 0.3 is 0 Å². The lowest BCUT2D eigenvalue weighted by Crippen LogP contribution is -2.23. The van der Waals surface area contributed by atoms with Crippen molar-refractivity contribution in [2.75, 3.05) is 5.32 Å². The summed E-state index contributed by atoms with van der Waals surface area (Å²) in [6.45, 7) is 0.985. The molecule has 0 fully saturated rings. The van der Waals surface area contributed by atoms with Gasteiger partial charge in [-0.1, -0.05) is 18.2 Å². The quantitative estimate of drug-likeness (QED) is 0.786. The Balaban J connectivity index is 1.65. The van der Waals surface area contributed by atoms with Crippen molar-refractivity contribution in [2.45, 2.75) is 25.8 Å². The molecule has 0 saturated carbocycles. The van der Waals surface area contributed by atoms with Crippen LogP contribution in [-0.2, 0) is 20.0 Å². The summed E-state index contributed by atoms with van der Waals surface area (Å²) in [7, 11) is 1.52. The van der Waals surface area contributed by atoms with Crippen molar-refractivity contribution >= 4 is 11.6 Å². The lowest BCUT2D eigenvalue weighted by Gasteiger charge is -2.11. The zero-order chi connectivity index (χ0) is 18.1. The van der Waals surface area contributed by atoms with Gasteiger partial charge in [0.05, 0.1) is 11.4 Å². The van der Waals surface area contributed by atoms with Gasteiger partial charge in [0.15, 0.2) is 0 Å². The first kappa shape index (κ1) is 16.3. The Labute approximate surface area is 150 Å². The molecule has 1 N–H and O–H groups in total. The Morgan fingerprint density at radius 2 is 2.00 bits per heavy atom. The number of nitrogens with zero attached hydrogens (tertiary/aromatic N) is 4. The normalized spacial score (nSPS) is 13.3. The minimum atomic E-state index is -0.364. The third-order valence-electron chi connectivity index (χ3n) is 4.55. The van der Waals surface area contributed by atoms with Gasteiger partial charge in [-0.2, -0.15) is 5.10 Å². The molecule has 0 saturated heterocycles. The number of aryl methyl sites for hydroxylation is 3. The molecule has 0 radical (unpaired) electrons. The van der Waals surface area contributed by atoms with Crippen LogP contribution < -0.4 is 10.9 Å². The van der Waals surface area contributed by atoms with Gasteiger partial charge in [-0.3, -0.25) is 9.59 Å². The highest BCUT2D eigenvalue weighted by Crippen LogP contribution is 2.29. The number of carbonyl (C=O) groups excluding carboxylic acids is 1. The first-order valence-corrected chi connectivity index (χ1v) is 8.63. The minimum absolute atomic E-state index is 0.186. The molecule has 2 aromatic heterocycles. The maximum Gasteiger partial charge on any atom is 0.276 e. The van der Waals surface area contributed by atoms with E-state index < -0.39 is 0 Å². The molecule has 3 aromatic rings. The molecule has 7 heteroatoms. The lowest BCUT2D eigenvalue weighted by atomic mass is 10.1. The Kier molecular flexibility index (Phi) is 4.12. The number of fused-ring (bicyclic) bond motifs is 1. The average Bonchev–Trinajstić information content (AvgIpc) is 3.08. The predicted octanol–water partition coefficient (Wildman–Crippen LogP) is 2.23. The third-order valence-corrected chi connectivity index (χ3v) is 4.55. The highest BCUT2D eigenvalue weighted by Gasteiger charge is 2.17. The molecule has 0 spiro atoms. The molecule has 0 bridgehead atoms. The number of benzene rings is 1. The fraction of sp³-hybridized carbons (Fsp3) is 0.263. The van der Waals surface area contributed by atoms with Crippen molar-refractivity contribution in [2.24, 2.45) is 7.05 Å². The number of nitrogens with one attached hydrogen (secondary N) is 1. The molecule has 0 unspecified atom stereocenters. The summed E-state index contributed by atoms with van der Waals surface area (Å²) >= 11 is 0. The molecular weight excluding hydrogens is 330 g/mol. The van der Waals surface area contributed by atoms with Gasteiger partial charge in [0.2, 0.25) is 0 Å². The fourth-order valence-corrected chi connectivity index (χ4v) is 3.17. The Morgan fingerprint density at radius 3 is 2.81 bits per heavy atom. The van der Waals surface area contributed by atoms with E-state index >= 15 is 0 Å². The summed E-state index contributed by atoms with van der Waals surface area (Å²) in [6.07, 6.45) is 5.35. The van der Waals surface area contributed by atoms with Gasteiger partial charge in [-0.05, 0) is 25.0 Å². The third kappa shape index (κ3) is 3.03. The molecule has 0 atom stereocenters. The van der Waals surface area contributed by atoms with E-state index in [1.165, 1.54) is 25.6 Å². The van der Waals surface area contributed by atoms with E-state index in [0.29, 0.717) is 5.69 Å². The van der Waals surface area contributed by atoms with Crippen LogP contribution in [0.2, 0.25) is 0 Å². The van der Waals surface area contributed by atoms with Crippen LogP contribution in [0, 0.1) is 0 Å². The van der Waals surface area contributed by atoms with Crippen LogP contribution in [0.5, 0.6) is 0 Å².